The molecular formula is C31H35Cl2N3O4S. The number of hydrogen-bond acceptors (Lipinski definition) is 4. The Bertz CT molecular complexity index is 1510. The fourth-order valence-corrected chi connectivity index (χ4v) is 6.80. The molecule has 0 heterocycles. The normalized spacial score (nSPS) is 14.5. The summed E-state index contributed by atoms with van der Waals surface area (Å²) in [5, 5.41) is 3.76. The van der Waals surface area contributed by atoms with Crippen LogP contribution in [0.1, 0.15) is 49.3 Å². The highest BCUT2D eigenvalue weighted by molar-refractivity contribution is 7.92. The minimum Gasteiger partial charge on any atom is -0.352 e. The van der Waals surface area contributed by atoms with Crippen LogP contribution < -0.4 is 9.62 Å². The summed E-state index contributed by atoms with van der Waals surface area (Å²) >= 11 is 12.4. The van der Waals surface area contributed by atoms with Crippen molar-refractivity contribution in [3.63, 3.8) is 0 Å². The number of halogens is 2. The Balaban J connectivity index is 1.70. The smallest absolute Gasteiger partial charge is 0.264 e. The zero-order chi connectivity index (χ0) is 29.7. The Morgan fingerprint density at radius 3 is 2.24 bits per heavy atom. The zero-order valence-electron chi connectivity index (χ0n) is 23.4. The summed E-state index contributed by atoms with van der Waals surface area (Å²) in [6, 6.07) is 17.7. The van der Waals surface area contributed by atoms with Crippen LogP contribution in [0, 0.1) is 13.8 Å². The van der Waals surface area contributed by atoms with Crippen molar-refractivity contribution in [3.05, 3.63) is 93.5 Å². The first-order valence-corrected chi connectivity index (χ1v) is 15.9. The molecule has 0 aliphatic heterocycles. The van der Waals surface area contributed by atoms with Crippen LogP contribution in [-0.4, -0.2) is 43.8 Å². The second kappa shape index (κ2) is 13.3. The molecule has 1 fully saturated rings. The maximum Gasteiger partial charge on any atom is 0.264 e. The van der Waals surface area contributed by atoms with Crippen LogP contribution in [0.5, 0.6) is 0 Å². The van der Waals surface area contributed by atoms with Gasteiger partial charge in [-0.05, 0) is 75.1 Å². The standard InChI is InChI=1S/C31H35Cl2N3O4S/c1-21-12-15-26(16-13-21)41(39,40)36(29-11-7-4-8-22(29)2)20-30(37)35(19-24-14-17-27(32)28(33)18-24)23(3)31(38)34-25-9-5-6-10-25/h4,7-8,11-18,23,25H,5-6,9-10,19-20H2,1-3H3,(H,34,38)/t23-/m1/s1. The van der Waals surface area contributed by atoms with E-state index in [1.54, 1.807) is 62.4 Å². The molecule has 0 bridgehead atoms. The van der Waals surface area contributed by atoms with Crippen molar-refractivity contribution in [2.75, 3.05) is 10.8 Å². The first-order valence-electron chi connectivity index (χ1n) is 13.7. The molecule has 3 aromatic carbocycles. The van der Waals surface area contributed by atoms with Gasteiger partial charge in [0, 0.05) is 12.6 Å². The Morgan fingerprint density at radius 1 is 0.951 bits per heavy atom. The molecule has 0 spiro atoms. The van der Waals surface area contributed by atoms with Crippen molar-refractivity contribution >= 4 is 50.7 Å². The number of aryl methyl sites for hydroxylation is 2. The van der Waals surface area contributed by atoms with Gasteiger partial charge in [-0.1, -0.05) is 78.0 Å². The summed E-state index contributed by atoms with van der Waals surface area (Å²) in [6.07, 6.45) is 3.89. The molecule has 218 valence electrons. The van der Waals surface area contributed by atoms with E-state index in [0.29, 0.717) is 26.9 Å². The molecule has 1 atom stereocenters. The summed E-state index contributed by atoms with van der Waals surface area (Å²) < 4.78 is 29.1. The van der Waals surface area contributed by atoms with E-state index in [-0.39, 0.29) is 23.4 Å². The van der Waals surface area contributed by atoms with Crippen LogP contribution in [0.2, 0.25) is 10.0 Å². The first-order chi connectivity index (χ1) is 19.5. The number of nitrogens with one attached hydrogen (secondary N) is 1. The highest BCUT2D eigenvalue weighted by atomic mass is 35.5. The SMILES string of the molecule is Cc1ccc(S(=O)(=O)N(CC(=O)N(Cc2ccc(Cl)c(Cl)c2)[C@H](C)C(=O)NC2CCCC2)c2ccccc2C)cc1. The summed E-state index contributed by atoms with van der Waals surface area (Å²) in [5.41, 5.74) is 2.66. The van der Waals surface area contributed by atoms with E-state index < -0.39 is 28.5 Å². The average Bonchev–Trinajstić information content (AvgIpc) is 3.45. The lowest BCUT2D eigenvalue weighted by molar-refractivity contribution is -0.139. The van der Waals surface area contributed by atoms with Crippen molar-refractivity contribution in [3.8, 4) is 0 Å². The quantitative estimate of drug-likeness (QED) is 0.291. The van der Waals surface area contributed by atoms with Gasteiger partial charge in [0.15, 0.2) is 0 Å². The molecule has 7 nitrogen and oxygen atoms in total. The zero-order valence-corrected chi connectivity index (χ0v) is 25.8. The minimum atomic E-state index is -4.13. The van der Waals surface area contributed by atoms with Gasteiger partial charge in [-0.25, -0.2) is 8.42 Å². The third-order valence-electron chi connectivity index (χ3n) is 7.48. The molecule has 2 amide bonds. The van der Waals surface area contributed by atoms with Gasteiger partial charge in [-0.3, -0.25) is 13.9 Å². The Kier molecular flexibility index (Phi) is 10.00. The topological polar surface area (TPSA) is 86.8 Å². The van der Waals surface area contributed by atoms with Crippen molar-refractivity contribution in [2.24, 2.45) is 0 Å². The molecule has 1 aliphatic carbocycles. The molecular weight excluding hydrogens is 581 g/mol. The van der Waals surface area contributed by atoms with E-state index in [1.165, 1.54) is 17.0 Å². The van der Waals surface area contributed by atoms with E-state index in [4.69, 9.17) is 23.2 Å². The summed E-state index contributed by atoms with van der Waals surface area (Å²) in [4.78, 5) is 28.9. The van der Waals surface area contributed by atoms with Gasteiger partial charge in [-0.15, -0.1) is 0 Å². The van der Waals surface area contributed by atoms with Gasteiger partial charge in [0.1, 0.15) is 12.6 Å². The van der Waals surface area contributed by atoms with E-state index in [2.05, 4.69) is 5.32 Å². The van der Waals surface area contributed by atoms with Crippen LogP contribution >= 0.6 is 23.2 Å². The largest absolute Gasteiger partial charge is 0.352 e. The minimum absolute atomic E-state index is 0.0428. The molecule has 10 heteroatoms. The van der Waals surface area contributed by atoms with Gasteiger partial charge >= 0.3 is 0 Å². The van der Waals surface area contributed by atoms with E-state index >= 15 is 0 Å². The van der Waals surface area contributed by atoms with Crippen LogP contribution in [-0.2, 0) is 26.2 Å². The monoisotopic (exact) mass is 615 g/mol. The number of para-hydroxylation sites is 1. The molecule has 4 rings (SSSR count). The summed E-state index contributed by atoms with van der Waals surface area (Å²) in [5.74, 6) is -0.807. The molecule has 1 saturated carbocycles. The third kappa shape index (κ3) is 7.42. The Hall–Kier alpha value is -3.07. The number of nitrogens with zero attached hydrogens (tertiary/aromatic N) is 2. The molecule has 41 heavy (non-hydrogen) atoms. The number of rotatable bonds is 10. The maximum atomic E-state index is 14.1. The predicted octanol–water partition coefficient (Wildman–Crippen LogP) is 6.28. The molecule has 0 saturated heterocycles. The molecule has 0 unspecified atom stereocenters. The highest BCUT2D eigenvalue weighted by Crippen LogP contribution is 2.28. The summed E-state index contributed by atoms with van der Waals surface area (Å²) in [7, 11) is -4.13. The number of anilines is 1. The number of benzene rings is 3. The molecule has 3 aromatic rings. The van der Waals surface area contributed by atoms with E-state index in [0.717, 1.165) is 35.6 Å². The second-order valence-electron chi connectivity index (χ2n) is 10.5. The summed E-state index contributed by atoms with van der Waals surface area (Å²) in [6.45, 7) is 4.87. The predicted molar refractivity (Wildman–Crippen MR) is 164 cm³/mol. The van der Waals surface area contributed by atoms with Crippen molar-refractivity contribution in [2.45, 2.75) is 70.0 Å². The van der Waals surface area contributed by atoms with Crippen molar-refractivity contribution < 1.29 is 18.0 Å². The van der Waals surface area contributed by atoms with Crippen LogP contribution in [0.3, 0.4) is 0 Å². The maximum absolute atomic E-state index is 14.1. The van der Waals surface area contributed by atoms with Gasteiger partial charge < -0.3 is 10.2 Å². The van der Waals surface area contributed by atoms with Gasteiger partial charge in [0.2, 0.25) is 11.8 Å². The molecule has 1 aliphatic rings. The van der Waals surface area contributed by atoms with Crippen molar-refractivity contribution in [1.82, 2.24) is 10.2 Å². The number of hydrogen-bond donors (Lipinski definition) is 1. The van der Waals surface area contributed by atoms with Crippen molar-refractivity contribution in [1.29, 1.82) is 0 Å². The molecule has 0 aromatic heterocycles. The molecule has 0 radical (unpaired) electrons. The Morgan fingerprint density at radius 2 is 1.61 bits per heavy atom. The van der Waals surface area contributed by atoms with Crippen LogP contribution in [0.4, 0.5) is 5.69 Å². The van der Waals surface area contributed by atoms with E-state index in [9.17, 15) is 18.0 Å². The fourth-order valence-electron chi connectivity index (χ4n) is 5.00. The lowest BCUT2D eigenvalue weighted by Crippen LogP contribution is -2.52. The average molecular weight is 617 g/mol. The number of sulfonamides is 1. The third-order valence-corrected chi connectivity index (χ3v) is 9.99. The number of carbonyl (C=O) groups is 2. The van der Waals surface area contributed by atoms with E-state index in [1.807, 2.05) is 13.0 Å². The first kappa shape index (κ1) is 30.9. The van der Waals surface area contributed by atoms with Gasteiger partial charge in [0.05, 0.1) is 20.6 Å². The van der Waals surface area contributed by atoms with Gasteiger partial charge in [0.25, 0.3) is 10.0 Å². The fraction of sp³-hybridized carbons (Fsp3) is 0.355. The lowest BCUT2D eigenvalue weighted by atomic mass is 10.1. The van der Waals surface area contributed by atoms with Crippen LogP contribution in [0.15, 0.2) is 71.6 Å². The highest BCUT2D eigenvalue weighted by Gasteiger charge is 2.33. The van der Waals surface area contributed by atoms with Gasteiger partial charge in [-0.2, -0.15) is 0 Å². The van der Waals surface area contributed by atoms with Crippen LogP contribution in [0.25, 0.3) is 0 Å². The lowest BCUT2D eigenvalue weighted by Gasteiger charge is -2.33. The molecule has 1 N–H and O–H groups in total. The Labute approximate surface area is 252 Å². The number of amides is 2. The number of carbonyl (C=O) groups excluding carboxylic acids is 2. The second-order valence-corrected chi connectivity index (χ2v) is 13.2.